The number of aryl methyl sites for hydroxylation is 1. The summed E-state index contributed by atoms with van der Waals surface area (Å²) in [5.74, 6) is 0.521. The lowest BCUT2D eigenvalue weighted by Crippen LogP contribution is -2.24. The second-order valence-corrected chi connectivity index (χ2v) is 10.1. The molecule has 0 bridgehead atoms. The molecule has 3 rings (SSSR count). The molecule has 0 aliphatic heterocycles. The molecule has 6 N–H and O–H groups in total. The van der Waals surface area contributed by atoms with E-state index in [2.05, 4.69) is 16.0 Å². The van der Waals surface area contributed by atoms with E-state index >= 15 is 0 Å². The molecule has 0 atom stereocenters. The van der Waals surface area contributed by atoms with E-state index in [-0.39, 0.29) is 5.91 Å². The molecule has 0 saturated heterocycles. The van der Waals surface area contributed by atoms with Gasteiger partial charge >= 0.3 is 0 Å². The number of nitrogen functional groups attached to an aromatic ring is 1. The number of carbonyl (C=O) groups is 2. The first kappa shape index (κ1) is 32.0. The van der Waals surface area contributed by atoms with Crippen molar-refractivity contribution < 1.29 is 14.7 Å². The number of anilines is 3. The summed E-state index contributed by atoms with van der Waals surface area (Å²) in [4.78, 5) is 27.8. The zero-order valence-electron chi connectivity index (χ0n) is 24.5. The molecule has 8 nitrogen and oxygen atoms in total. The zero-order valence-corrected chi connectivity index (χ0v) is 24.5. The first-order chi connectivity index (χ1) is 19.0. The highest BCUT2D eigenvalue weighted by molar-refractivity contribution is 5.96. The lowest BCUT2D eigenvalue weighted by Gasteiger charge is -2.13. The molecular formula is C32H43N5O3. The lowest BCUT2D eigenvalue weighted by molar-refractivity contribution is -0.104. The van der Waals surface area contributed by atoms with Crippen molar-refractivity contribution in [1.29, 1.82) is 0 Å². The summed E-state index contributed by atoms with van der Waals surface area (Å²) >= 11 is 0. The van der Waals surface area contributed by atoms with Gasteiger partial charge in [-0.05, 0) is 98.9 Å². The number of amides is 1. The van der Waals surface area contributed by atoms with Crippen LogP contribution in [0.2, 0.25) is 0 Å². The summed E-state index contributed by atoms with van der Waals surface area (Å²) in [6.07, 6.45) is 5.71. The number of aromatic nitrogens is 1. The van der Waals surface area contributed by atoms with E-state index in [1.807, 2.05) is 76.3 Å². The van der Waals surface area contributed by atoms with Gasteiger partial charge in [-0.3, -0.25) is 9.59 Å². The van der Waals surface area contributed by atoms with E-state index in [9.17, 15) is 9.59 Å². The van der Waals surface area contributed by atoms with Gasteiger partial charge in [-0.1, -0.05) is 26.0 Å². The van der Waals surface area contributed by atoms with Gasteiger partial charge in [-0.15, -0.1) is 0 Å². The number of benzene rings is 2. The number of carbonyl (C=O) groups excluding carboxylic acids is 2. The van der Waals surface area contributed by atoms with Gasteiger partial charge in [0.15, 0.2) is 0 Å². The molecule has 3 aromatic rings. The molecule has 214 valence electrons. The van der Waals surface area contributed by atoms with E-state index in [0.29, 0.717) is 30.2 Å². The van der Waals surface area contributed by atoms with Crippen molar-refractivity contribution >= 4 is 35.5 Å². The van der Waals surface area contributed by atoms with E-state index in [0.717, 1.165) is 52.8 Å². The zero-order chi connectivity index (χ0) is 29.7. The molecule has 2 aromatic carbocycles. The predicted octanol–water partition coefficient (Wildman–Crippen LogP) is 5.81. The van der Waals surface area contributed by atoms with Gasteiger partial charge in [0.1, 0.15) is 12.1 Å². The number of hydrogen-bond donors (Lipinski definition) is 5. The van der Waals surface area contributed by atoms with Gasteiger partial charge in [-0.2, -0.15) is 0 Å². The van der Waals surface area contributed by atoms with Crippen LogP contribution in [0.1, 0.15) is 67.6 Å². The minimum Gasteiger partial charge on any atom is -0.396 e. The Hall–Kier alpha value is -4.17. The van der Waals surface area contributed by atoms with Gasteiger partial charge in [0.2, 0.25) is 0 Å². The number of hydrogen-bond acceptors (Lipinski definition) is 7. The number of aliphatic hydroxyl groups is 1. The number of nitrogens with one attached hydrogen (secondary N) is 3. The van der Waals surface area contributed by atoms with Crippen molar-refractivity contribution in [2.24, 2.45) is 0 Å². The fourth-order valence-corrected chi connectivity index (χ4v) is 3.60. The highest BCUT2D eigenvalue weighted by atomic mass is 16.3. The molecule has 8 heteroatoms. The third kappa shape index (κ3) is 9.85. The van der Waals surface area contributed by atoms with Gasteiger partial charge < -0.3 is 26.8 Å². The van der Waals surface area contributed by atoms with E-state index in [1.165, 1.54) is 6.08 Å². The first-order valence-electron chi connectivity index (χ1n) is 13.6. The van der Waals surface area contributed by atoms with Gasteiger partial charge in [0.25, 0.3) is 5.91 Å². The average molecular weight is 546 g/mol. The largest absolute Gasteiger partial charge is 0.396 e. The normalized spacial score (nSPS) is 11.0. The van der Waals surface area contributed by atoms with Crippen LogP contribution in [-0.4, -0.2) is 41.5 Å². The van der Waals surface area contributed by atoms with E-state index in [1.54, 1.807) is 19.9 Å². The second kappa shape index (κ2) is 15.4. The summed E-state index contributed by atoms with van der Waals surface area (Å²) in [5, 5.41) is 18.2. The molecule has 0 saturated carbocycles. The lowest BCUT2D eigenvalue weighted by atomic mass is 10.0. The van der Waals surface area contributed by atoms with Crippen molar-refractivity contribution in [3.63, 3.8) is 0 Å². The molecule has 1 amide bonds. The van der Waals surface area contributed by atoms with Crippen LogP contribution >= 0.6 is 0 Å². The number of pyridine rings is 1. The summed E-state index contributed by atoms with van der Waals surface area (Å²) in [6.45, 7) is 10.7. The molecule has 0 spiro atoms. The van der Waals surface area contributed by atoms with Crippen LogP contribution in [0.15, 0.2) is 54.6 Å². The Labute approximate surface area is 238 Å². The van der Waals surface area contributed by atoms with Gasteiger partial charge in [-0.25, -0.2) is 4.98 Å². The van der Waals surface area contributed by atoms with Crippen LogP contribution in [0, 0.1) is 6.92 Å². The van der Waals surface area contributed by atoms with E-state index < -0.39 is 5.60 Å². The van der Waals surface area contributed by atoms with E-state index in [4.69, 9.17) is 15.8 Å². The Morgan fingerprint density at radius 1 is 1.10 bits per heavy atom. The summed E-state index contributed by atoms with van der Waals surface area (Å²) in [5.41, 5.74) is 12.4. The van der Waals surface area contributed by atoms with Crippen LogP contribution in [-0.2, 0) is 11.3 Å². The molecular weight excluding hydrogens is 502 g/mol. The summed E-state index contributed by atoms with van der Waals surface area (Å²) in [7, 11) is 1.84. The van der Waals surface area contributed by atoms with Crippen LogP contribution < -0.4 is 21.7 Å². The topological polar surface area (TPSA) is 129 Å². The highest BCUT2D eigenvalue weighted by Gasteiger charge is 2.12. The maximum atomic E-state index is 12.3. The van der Waals surface area contributed by atoms with Crippen molar-refractivity contribution in [2.75, 3.05) is 30.0 Å². The fourth-order valence-electron chi connectivity index (χ4n) is 3.60. The molecule has 0 fully saturated rings. The maximum Gasteiger partial charge on any atom is 0.251 e. The van der Waals surface area contributed by atoms with Crippen molar-refractivity contribution in [3.8, 4) is 11.3 Å². The van der Waals surface area contributed by atoms with Crippen LogP contribution in [0.5, 0.6) is 0 Å². The first-order valence-corrected chi connectivity index (χ1v) is 13.6. The highest BCUT2D eigenvalue weighted by Crippen LogP contribution is 2.26. The summed E-state index contributed by atoms with van der Waals surface area (Å²) in [6, 6.07) is 15.4. The molecule has 40 heavy (non-hydrogen) atoms. The second-order valence-electron chi connectivity index (χ2n) is 10.1. The maximum absolute atomic E-state index is 12.3. The van der Waals surface area contributed by atoms with Crippen molar-refractivity contribution in [2.45, 2.75) is 59.6 Å². The molecule has 0 aliphatic carbocycles. The SMILES string of the molecule is CCC(C)(C)O.CCCNC(=O)c1ccc(-c2ccc(N)c(NCc3ccc(NC)c(/C=C\C=O)c3)n2)cc1C. The Bertz CT molecular complexity index is 1310. The van der Waals surface area contributed by atoms with Crippen LogP contribution in [0.3, 0.4) is 0 Å². The number of nitrogens with two attached hydrogens (primary N) is 1. The summed E-state index contributed by atoms with van der Waals surface area (Å²) < 4.78 is 0. The third-order valence-corrected chi connectivity index (χ3v) is 6.29. The average Bonchev–Trinajstić information content (AvgIpc) is 2.94. The minimum absolute atomic E-state index is 0.0647. The van der Waals surface area contributed by atoms with Crippen molar-refractivity contribution in [1.82, 2.24) is 10.3 Å². The van der Waals surface area contributed by atoms with Gasteiger partial charge in [0.05, 0.1) is 17.0 Å². The quantitative estimate of drug-likeness (QED) is 0.152. The Kier molecular flexibility index (Phi) is 12.4. The number of rotatable bonds is 11. The van der Waals surface area contributed by atoms with Crippen LogP contribution in [0.25, 0.3) is 17.3 Å². The Morgan fingerprint density at radius 3 is 2.42 bits per heavy atom. The van der Waals surface area contributed by atoms with Gasteiger partial charge in [0, 0.05) is 37.0 Å². The molecule has 0 unspecified atom stereocenters. The molecule has 0 aliphatic rings. The molecule has 0 radical (unpaired) electrons. The predicted molar refractivity (Wildman–Crippen MR) is 166 cm³/mol. The monoisotopic (exact) mass is 545 g/mol. The molecule has 1 aromatic heterocycles. The van der Waals surface area contributed by atoms with Crippen molar-refractivity contribution in [3.05, 3.63) is 76.9 Å². The third-order valence-electron chi connectivity index (χ3n) is 6.29. The fraction of sp³-hybridized carbons (Fsp3) is 0.344. The number of allylic oxidation sites excluding steroid dienone is 1. The van der Waals surface area contributed by atoms with Crippen LogP contribution in [0.4, 0.5) is 17.2 Å². The Morgan fingerprint density at radius 2 is 1.82 bits per heavy atom. The smallest absolute Gasteiger partial charge is 0.251 e. The number of aldehydes is 1. The molecule has 1 heterocycles. The minimum atomic E-state index is -0.458. The number of nitrogens with zero attached hydrogens (tertiary/aromatic N) is 1. The Balaban J connectivity index is 0.000000840. The standard InChI is InChI=1S/C27H31N5O2.C5H12O/c1-4-13-30-27(34)22-9-8-21(15-18(22)2)25-12-10-23(28)26(32-25)31-17-19-7-11-24(29-3)20(16-19)6-5-14-33;1-4-5(2,3)6/h5-12,14-16,29H,4,13,17,28H2,1-3H3,(H,30,34)(H,31,32);6H,4H2,1-3H3/b6-5-;.